The van der Waals surface area contributed by atoms with Crippen molar-refractivity contribution in [2.24, 2.45) is 0 Å². The van der Waals surface area contributed by atoms with Gasteiger partial charge in [-0.1, -0.05) is 22.5 Å². The lowest BCUT2D eigenvalue weighted by Crippen LogP contribution is -2.24. The van der Waals surface area contributed by atoms with Crippen LogP contribution in [0.4, 0.5) is 0 Å². The molecule has 0 aliphatic rings. The summed E-state index contributed by atoms with van der Waals surface area (Å²) in [7, 11) is 0. The van der Waals surface area contributed by atoms with E-state index in [1.165, 1.54) is 0 Å². The topological polar surface area (TPSA) is 42.0 Å². The molecule has 0 bridgehead atoms. The molecule has 74 valence electrons. The lowest BCUT2D eigenvalue weighted by Gasteiger charge is -2.03. The van der Waals surface area contributed by atoms with E-state index in [9.17, 15) is 4.79 Å². The molecule has 1 heterocycles. The number of hydrogen-bond donors (Lipinski definition) is 1. The average Bonchev–Trinajstić information content (AvgIpc) is 2.14. The highest BCUT2D eigenvalue weighted by molar-refractivity contribution is 9.11. The van der Waals surface area contributed by atoms with E-state index >= 15 is 0 Å². The SMILES string of the molecule is C=C(Br)CNC(=O)c1ccnc(Br)c1. The summed E-state index contributed by atoms with van der Waals surface area (Å²) in [5, 5.41) is 2.69. The van der Waals surface area contributed by atoms with E-state index < -0.39 is 0 Å². The molecule has 1 rings (SSSR count). The van der Waals surface area contributed by atoms with E-state index in [0.717, 1.165) is 4.48 Å². The maximum absolute atomic E-state index is 11.5. The zero-order valence-electron chi connectivity index (χ0n) is 7.26. The standard InChI is InChI=1S/C9H8Br2N2O/c1-6(10)5-13-9(14)7-2-3-12-8(11)4-7/h2-4H,1,5H2,(H,13,14). The van der Waals surface area contributed by atoms with E-state index in [1.807, 2.05) is 0 Å². The van der Waals surface area contributed by atoms with Crippen LogP contribution in [0.15, 0.2) is 34.0 Å². The first kappa shape index (κ1) is 11.4. The van der Waals surface area contributed by atoms with Gasteiger partial charge in [-0.05, 0) is 28.1 Å². The largest absolute Gasteiger partial charge is 0.347 e. The molecule has 0 aliphatic carbocycles. The summed E-state index contributed by atoms with van der Waals surface area (Å²) >= 11 is 6.35. The summed E-state index contributed by atoms with van der Waals surface area (Å²) in [5.41, 5.74) is 0.570. The minimum absolute atomic E-state index is 0.145. The molecule has 0 saturated heterocycles. The zero-order valence-corrected chi connectivity index (χ0v) is 10.4. The van der Waals surface area contributed by atoms with Gasteiger partial charge in [0.1, 0.15) is 4.60 Å². The summed E-state index contributed by atoms with van der Waals surface area (Å²) in [6, 6.07) is 3.31. The van der Waals surface area contributed by atoms with Gasteiger partial charge in [0.05, 0.1) is 0 Å². The fraction of sp³-hybridized carbons (Fsp3) is 0.111. The lowest BCUT2D eigenvalue weighted by molar-refractivity contribution is 0.0957. The van der Waals surface area contributed by atoms with Crippen LogP contribution in [0.25, 0.3) is 0 Å². The number of pyridine rings is 1. The predicted octanol–water partition coefficient (Wildman–Crippen LogP) is 2.48. The smallest absolute Gasteiger partial charge is 0.251 e. The molecule has 1 aromatic heterocycles. The zero-order chi connectivity index (χ0) is 10.6. The first-order valence-corrected chi connectivity index (χ1v) is 5.41. The van der Waals surface area contributed by atoms with E-state index in [0.29, 0.717) is 16.7 Å². The Labute approximate surface area is 98.9 Å². The molecule has 0 fully saturated rings. The van der Waals surface area contributed by atoms with Gasteiger partial charge in [-0.3, -0.25) is 4.79 Å². The van der Waals surface area contributed by atoms with E-state index in [4.69, 9.17) is 0 Å². The molecule has 0 unspecified atom stereocenters. The van der Waals surface area contributed by atoms with Crippen LogP contribution in [0.1, 0.15) is 10.4 Å². The van der Waals surface area contributed by atoms with Gasteiger partial charge in [0.2, 0.25) is 0 Å². The van der Waals surface area contributed by atoms with Gasteiger partial charge in [-0.2, -0.15) is 0 Å². The maximum atomic E-state index is 11.5. The second kappa shape index (κ2) is 5.26. The van der Waals surface area contributed by atoms with Gasteiger partial charge in [-0.15, -0.1) is 0 Å². The van der Waals surface area contributed by atoms with Gasteiger partial charge in [0.25, 0.3) is 5.91 Å². The molecule has 0 spiro atoms. The molecule has 0 aromatic carbocycles. The first-order chi connectivity index (χ1) is 6.59. The van der Waals surface area contributed by atoms with Gasteiger partial charge < -0.3 is 5.32 Å². The van der Waals surface area contributed by atoms with Crippen LogP contribution in [0.5, 0.6) is 0 Å². The number of nitrogens with one attached hydrogen (secondary N) is 1. The Kier molecular flexibility index (Phi) is 4.28. The highest BCUT2D eigenvalue weighted by Crippen LogP contribution is 2.08. The average molecular weight is 320 g/mol. The van der Waals surface area contributed by atoms with Gasteiger partial charge in [0, 0.05) is 22.8 Å². The summed E-state index contributed by atoms with van der Waals surface area (Å²) < 4.78 is 1.38. The minimum atomic E-state index is -0.145. The first-order valence-electron chi connectivity index (χ1n) is 3.82. The van der Waals surface area contributed by atoms with E-state index in [-0.39, 0.29) is 5.91 Å². The molecule has 1 aromatic rings. The van der Waals surface area contributed by atoms with Crippen LogP contribution < -0.4 is 5.32 Å². The number of carbonyl (C=O) groups excluding carboxylic acids is 1. The van der Waals surface area contributed by atoms with Crippen molar-refractivity contribution in [3.05, 3.63) is 39.6 Å². The van der Waals surface area contributed by atoms with Crippen LogP contribution in [-0.2, 0) is 0 Å². The number of halogens is 2. The fourth-order valence-corrected chi connectivity index (χ4v) is 1.33. The second-order valence-electron chi connectivity index (χ2n) is 2.57. The molecule has 1 amide bonds. The third-order valence-corrected chi connectivity index (χ3v) is 2.14. The molecule has 1 N–H and O–H groups in total. The molecular weight excluding hydrogens is 312 g/mol. The molecule has 0 aliphatic heterocycles. The predicted molar refractivity (Wildman–Crippen MR) is 62.3 cm³/mol. The molecule has 0 radical (unpaired) electrons. The Bertz CT molecular complexity index is 366. The number of rotatable bonds is 3. The van der Waals surface area contributed by atoms with Crippen LogP contribution in [0, 0.1) is 0 Å². The van der Waals surface area contributed by atoms with E-state index in [1.54, 1.807) is 18.3 Å². The summed E-state index contributed by atoms with van der Waals surface area (Å²) in [5.74, 6) is -0.145. The maximum Gasteiger partial charge on any atom is 0.251 e. The van der Waals surface area contributed by atoms with Crippen LogP contribution >= 0.6 is 31.9 Å². The summed E-state index contributed by atoms with van der Waals surface area (Å²) in [4.78, 5) is 15.4. The molecule has 5 heteroatoms. The van der Waals surface area contributed by atoms with Crippen molar-refractivity contribution < 1.29 is 4.79 Å². The van der Waals surface area contributed by atoms with Crippen LogP contribution in [0.3, 0.4) is 0 Å². The highest BCUT2D eigenvalue weighted by atomic mass is 79.9. The molecule has 0 saturated carbocycles. The molecule has 0 atom stereocenters. The third-order valence-electron chi connectivity index (χ3n) is 1.43. The number of amides is 1. The van der Waals surface area contributed by atoms with Crippen LogP contribution in [-0.4, -0.2) is 17.4 Å². The molecule has 14 heavy (non-hydrogen) atoms. The highest BCUT2D eigenvalue weighted by Gasteiger charge is 2.04. The van der Waals surface area contributed by atoms with Crippen molar-refractivity contribution in [2.45, 2.75) is 0 Å². The molecule has 3 nitrogen and oxygen atoms in total. The molecular formula is C9H8Br2N2O. The quantitative estimate of drug-likeness (QED) is 0.870. The minimum Gasteiger partial charge on any atom is -0.347 e. The van der Waals surface area contributed by atoms with Crippen molar-refractivity contribution in [3.63, 3.8) is 0 Å². The van der Waals surface area contributed by atoms with Crippen molar-refractivity contribution in [2.75, 3.05) is 6.54 Å². The van der Waals surface area contributed by atoms with Crippen molar-refractivity contribution in [3.8, 4) is 0 Å². The van der Waals surface area contributed by atoms with Crippen molar-refractivity contribution in [1.82, 2.24) is 10.3 Å². The Morgan fingerprint density at radius 1 is 1.64 bits per heavy atom. The third kappa shape index (κ3) is 3.59. The Hall–Kier alpha value is -0.680. The second-order valence-corrected chi connectivity index (χ2v) is 4.50. The number of aromatic nitrogens is 1. The van der Waals surface area contributed by atoms with Gasteiger partial charge >= 0.3 is 0 Å². The van der Waals surface area contributed by atoms with Gasteiger partial charge in [0.15, 0.2) is 0 Å². The Balaban J connectivity index is 2.65. The van der Waals surface area contributed by atoms with Gasteiger partial charge in [-0.25, -0.2) is 4.98 Å². The fourth-order valence-electron chi connectivity index (χ4n) is 0.822. The summed E-state index contributed by atoms with van der Waals surface area (Å²) in [6.07, 6.45) is 1.57. The Morgan fingerprint density at radius 2 is 2.36 bits per heavy atom. The van der Waals surface area contributed by atoms with Crippen molar-refractivity contribution in [1.29, 1.82) is 0 Å². The Morgan fingerprint density at radius 3 is 2.93 bits per heavy atom. The van der Waals surface area contributed by atoms with Crippen molar-refractivity contribution >= 4 is 37.8 Å². The number of nitrogens with zero attached hydrogens (tertiary/aromatic N) is 1. The lowest BCUT2D eigenvalue weighted by atomic mass is 10.2. The normalized spacial score (nSPS) is 9.57. The number of hydrogen-bond acceptors (Lipinski definition) is 2. The summed E-state index contributed by atoms with van der Waals surface area (Å²) in [6.45, 7) is 4.03. The monoisotopic (exact) mass is 318 g/mol. The van der Waals surface area contributed by atoms with E-state index in [2.05, 4.69) is 48.7 Å². The van der Waals surface area contributed by atoms with Crippen LogP contribution in [0.2, 0.25) is 0 Å². The number of carbonyl (C=O) groups is 1.